The topological polar surface area (TPSA) is 91.4 Å². The number of amides is 2. The van der Waals surface area contributed by atoms with E-state index in [0.29, 0.717) is 24.7 Å². The Bertz CT molecular complexity index is 972. The number of rotatable bonds is 5. The van der Waals surface area contributed by atoms with Gasteiger partial charge in [-0.15, -0.1) is 0 Å². The van der Waals surface area contributed by atoms with Gasteiger partial charge in [0.25, 0.3) is 10.0 Å². The molecule has 1 saturated heterocycles. The highest BCUT2D eigenvalue weighted by Gasteiger charge is 2.38. The second kappa shape index (κ2) is 7.03. The van der Waals surface area contributed by atoms with Gasteiger partial charge in [0, 0.05) is 36.9 Å². The van der Waals surface area contributed by atoms with Crippen molar-refractivity contribution in [2.45, 2.75) is 24.3 Å². The van der Waals surface area contributed by atoms with Gasteiger partial charge < -0.3 is 10.6 Å². The number of aromatic nitrogens is 1. The van der Waals surface area contributed by atoms with Crippen LogP contribution < -0.4 is 10.6 Å². The summed E-state index contributed by atoms with van der Waals surface area (Å²) >= 11 is 0. The number of hydrogen-bond donors (Lipinski definition) is 2. The highest BCUT2D eigenvalue weighted by molar-refractivity contribution is 7.89. The molecule has 1 aromatic carbocycles. The van der Waals surface area contributed by atoms with Crippen LogP contribution >= 0.6 is 0 Å². The van der Waals surface area contributed by atoms with E-state index in [4.69, 9.17) is 0 Å². The monoisotopic (exact) mass is 384 g/mol. The first-order valence-corrected chi connectivity index (χ1v) is 10.2. The van der Waals surface area contributed by atoms with Crippen LogP contribution in [0.15, 0.2) is 65.5 Å². The fourth-order valence-electron chi connectivity index (χ4n) is 3.41. The lowest BCUT2D eigenvalue weighted by molar-refractivity contribution is 0.251. The van der Waals surface area contributed by atoms with E-state index in [1.807, 2.05) is 12.1 Å². The van der Waals surface area contributed by atoms with E-state index >= 15 is 0 Å². The SMILES string of the molecule is O=C(NCc1cccnc1)Nc1ccc(S(=O)(=O)N2CC3CC=C2C3)cc1. The molecule has 1 atom stereocenters. The molecule has 0 spiro atoms. The van der Waals surface area contributed by atoms with E-state index in [1.165, 1.54) is 16.4 Å². The highest BCUT2D eigenvalue weighted by atomic mass is 32.2. The van der Waals surface area contributed by atoms with Crippen LogP contribution in [-0.4, -0.2) is 30.3 Å². The van der Waals surface area contributed by atoms with Crippen molar-refractivity contribution in [2.75, 3.05) is 11.9 Å². The molecule has 1 fully saturated rings. The second-order valence-electron chi connectivity index (χ2n) is 6.73. The number of carbonyl (C=O) groups excluding carboxylic acids is 1. The molecule has 2 bridgehead atoms. The molecule has 0 radical (unpaired) electrons. The van der Waals surface area contributed by atoms with Crippen LogP contribution in [0.4, 0.5) is 10.5 Å². The fraction of sp³-hybridized carbons (Fsp3) is 0.263. The number of benzene rings is 1. The number of allylic oxidation sites excluding steroid dienone is 2. The third-order valence-electron chi connectivity index (χ3n) is 4.81. The molecule has 2 heterocycles. The Morgan fingerprint density at radius 1 is 1.22 bits per heavy atom. The number of pyridine rings is 1. The van der Waals surface area contributed by atoms with Crippen molar-refractivity contribution in [1.82, 2.24) is 14.6 Å². The van der Waals surface area contributed by atoms with Crippen molar-refractivity contribution >= 4 is 21.7 Å². The number of carbonyl (C=O) groups is 1. The molecule has 7 nitrogen and oxygen atoms in total. The molecular weight excluding hydrogens is 364 g/mol. The van der Waals surface area contributed by atoms with Crippen LogP contribution in [0.2, 0.25) is 0 Å². The Hall–Kier alpha value is -2.87. The van der Waals surface area contributed by atoms with E-state index in [0.717, 1.165) is 24.1 Å². The van der Waals surface area contributed by atoms with Gasteiger partial charge in [-0.3, -0.25) is 9.29 Å². The Kier molecular flexibility index (Phi) is 4.57. The van der Waals surface area contributed by atoms with E-state index in [2.05, 4.69) is 15.6 Å². The molecular formula is C19H20N4O3S. The third-order valence-corrected chi connectivity index (χ3v) is 6.64. The van der Waals surface area contributed by atoms with Gasteiger partial charge in [0.1, 0.15) is 0 Å². The van der Waals surface area contributed by atoms with Gasteiger partial charge in [-0.25, -0.2) is 13.2 Å². The Morgan fingerprint density at radius 3 is 2.67 bits per heavy atom. The smallest absolute Gasteiger partial charge is 0.319 e. The summed E-state index contributed by atoms with van der Waals surface area (Å²) in [6, 6.07) is 9.55. The van der Waals surface area contributed by atoms with Gasteiger partial charge in [0.2, 0.25) is 0 Å². The zero-order valence-electron chi connectivity index (χ0n) is 14.6. The minimum Gasteiger partial charge on any atom is -0.334 e. The van der Waals surface area contributed by atoms with Crippen molar-refractivity contribution in [2.24, 2.45) is 5.92 Å². The fourth-order valence-corrected chi connectivity index (χ4v) is 5.01. The summed E-state index contributed by atoms with van der Waals surface area (Å²) in [7, 11) is -3.53. The Morgan fingerprint density at radius 2 is 2.04 bits per heavy atom. The molecule has 1 unspecified atom stereocenters. The highest BCUT2D eigenvalue weighted by Crippen LogP contribution is 2.39. The molecule has 1 aromatic heterocycles. The maximum absolute atomic E-state index is 12.8. The molecule has 2 aliphatic rings. The number of anilines is 1. The van der Waals surface area contributed by atoms with Crippen molar-refractivity contribution < 1.29 is 13.2 Å². The summed E-state index contributed by atoms with van der Waals surface area (Å²) < 4.78 is 27.1. The van der Waals surface area contributed by atoms with Crippen LogP contribution in [0.1, 0.15) is 18.4 Å². The lowest BCUT2D eigenvalue weighted by Crippen LogP contribution is -2.29. The summed E-state index contributed by atoms with van der Waals surface area (Å²) in [5, 5.41) is 5.43. The lowest BCUT2D eigenvalue weighted by atomic mass is 10.1. The first-order valence-electron chi connectivity index (χ1n) is 8.78. The van der Waals surface area contributed by atoms with Gasteiger partial charge in [-0.2, -0.15) is 0 Å². The zero-order chi connectivity index (χ0) is 18.9. The Balaban J connectivity index is 1.38. The Labute approximate surface area is 158 Å². The molecule has 27 heavy (non-hydrogen) atoms. The maximum atomic E-state index is 12.8. The average Bonchev–Trinajstić information content (AvgIpc) is 3.32. The van der Waals surface area contributed by atoms with Crippen molar-refractivity contribution in [1.29, 1.82) is 0 Å². The minimum absolute atomic E-state index is 0.234. The van der Waals surface area contributed by atoms with Gasteiger partial charge in [0.05, 0.1) is 4.90 Å². The summed E-state index contributed by atoms with van der Waals surface area (Å²) in [6.07, 6.45) is 7.17. The van der Waals surface area contributed by atoms with Crippen LogP contribution in [0.5, 0.6) is 0 Å². The maximum Gasteiger partial charge on any atom is 0.319 e. The van der Waals surface area contributed by atoms with E-state index in [1.54, 1.807) is 30.6 Å². The molecule has 8 heteroatoms. The van der Waals surface area contributed by atoms with Crippen molar-refractivity contribution in [3.63, 3.8) is 0 Å². The molecule has 0 saturated carbocycles. The number of nitrogens with one attached hydrogen (secondary N) is 2. The number of urea groups is 1. The average molecular weight is 384 g/mol. The standard InChI is InChI=1S/C19H20N4O3S/c24-19(21-12-15-2-1-9-20-11-15)22-16-4-7-18(8-5-16)27(25,26)23-13-14-3-6-17(23)10-14/h1-2,4-9,11,14H,3,10,12-13H2,(H2,21,22,24). The molecule has 1 aliphatic heterocycles. The number of nitrogens with zero attached hydrogens (tertiary/aromatic N) is 2. The molecule has 140 valence electrons. The predicted molar refractivity (Wildman–Crippen MR) is 101 cm³/mol. The zero-order valence-corrected chi connectivity index (χ0v) is 15.4. The van der Waals surface area contributed by atoms with Gasteiger partial charge in [0.15, 0.2) is 0 Å². The van der Waals surface area contributed by atoms with Gasteiger partial charge in [-0.1, -0.05) is 12.1 Å². The van der Waals surface area contributed by atoms with Crippen molar-refractivity contribution in [3.8, 4) is 0 Å². The first-order chi connectivity index (χ1) is 13.0. The summed E-state index contributed by atoms with van der Waals surface area (Å²) in [5.74, 6) is 0.416. The number of sulfonamides is 1. The summed E-state index contributed by atoms with van der Waals surface area (Å²) in [6.45, 7) is 0.919. The van der Waals surface area contributed by atoms with E-state index < -0.39 is 10.0 Å². The van der Waals surface area contributed by atoms with Gasteiger partial charge in [-0.05, 0) is 54.7 Å². The van der Waals surface area contributed by atoms with Crippen molar-refractivity contribution in [3.05, 3.63) is 66.1 Å². The van der Waals surface area contributed by atoms with Gasteiger partial charge >= 0.3 is 6.03 Å². The van der Waals surface area contributed by atoms with Crippen LogP contribution in [0.3, 0.4) is 0 Å². The largest absolute Gasteiger partial charge is 0.334 e. The number of hydrogen-bond acceptors (Lipinski definition) is 4. The molecule has 2 N–H and O–H groups in total. The minimum atomic E-state index is -3.53. The summed E-state index contributed by atoms with van der Waals surface area (Å²) in [5.41, 5.74) is 2.32. The molecule has 2 aromatic rings. The molecule has 2 amide bonds. The second-order valence-corrected chi connectivity index (χ2v) is 8.59. The van der Waals surface area contributed by atoms with E-state index in [9.17, 15) is 13.2 Å². The molecule has 1 aliphatic carbocycles. The quantitative estimate of drug-likeness (QED) is 0.829. The van der Waals surface area contributed by atoms with Crippen LogP contribution in [0.25, 0.3) is 0 Å². The predicted octanol–water partition coefficient (Wildman–Crippen LogP) is 2.70. The summed E-state index contributed by atoms with van der Waals surface area (Å²) in [4.78, 5) is 16.2. The third kappa shape index (κ3) is 3.66. The number of fused-ring (bicyclic) bond motifs is 2. The lowest BCUT2D eigenvalue weighted by Gasteiger charge is -2.22. The molecule has 4 rings (SSSR count). The van der Waals surface area contributed by atoms with Crippen LogP contribution in [-0.2, 0) is 16.6 Å². The normalized spacial score (nSPS) is 18.3. The first kappa shape index (κ1) is 17.5. The van der Waals surface area contributed by atoms with E-state index in [-0.39, 0.29) is 10.9 Å². The van der Waals surface area contributed by atoms with Crippen LogP contribution in [0, 0.1) is 5.92 Å².